The fourth-order valence-electron chi connectivity index (χ4n) is 3.97. The van der Waals surface area contributed by atoms with Gasteiger partial charge in [0.15, 0.2) is 0 Å². The molecule has 218 valence electrons. The smallest absolute Gasteiger partial charge is 0.320 e. The van der Waals surface area contributed by atoms with E-state index >= 15 is 0 Å². The molecule has 0 spiro atoms. The van der Waals surface area contributed by atoms with E-state index in [2.05, 4.69) is 16.0 Å². The zero-order chi connectivity index (χ0) is 27.6. The lowest BCUT2D eigenvalue weighted by molar-refractivity contribution is -0.168. The number of nitrogens with zero attached hydrogens (tertiary/aromatic N) is 1. The van der Waals surface area contributed by atoms with Crippen LogP contribution in [0.15, 0.2) is 0 Å². The second-order valence-electron chi connectivity index (χ2n) is 12.4. The molecule has 0 atom stereocenters. The van der Waals surface area contributed by atoms with Gasteiger partial charge in [0.05, 0.1) is 24.9 Å². The number of halogens is 1. The Morgan fingerprint density at radius 3 is 1.46 bits per heavy atom. The molecular weight excluding hydrogens is 500 g/mol. The molecule has 1 saturated heterocycles. The summed E-state index contributed by atoms with van der Waals surface area (Å²) >= 11 is 0. The monoisotopic (exact) mass is 550 g/mol. The van der Waals surface area contributed by atoms with Gasteiger partial charge in [-0.3, -0.25) is 19.3 Å². The van der Waals surface area contributed by atoms with Crippen LogP contribution in [0.25, 0.3) is 0 Å². The Labute approximate surface area is 229 Å². The number of carbonyl (C=O) groups excluding carboxylic acids is 3. The number of esters is 3. The van der Waals surface area contributed by atoms with Crippen LogP contribution < -0.4 is 16.0 Å². The molecule has 10 nitrogen and oxygen atoms in total. The van der Waals surface area contributed by atoms with Crippen molar-refractivity contribution in [1.29, 1.82) is 0 Å². The van der Waals surface area contributed by atoms with Gasteiger partial charge < -0.3 is 30.2 Å². The maximum absolute atomic E-state index is 13.2. The molecule has 0 aromatic heterocycles. The Morgan fingerprint density at radius 2 is 1.03 bits per heavy atom. The molecule has 1 rings (SSSR count). The fraction of sp³-hybridized carbons (Fsp3) is 0.885. The molecule has 0 saturated carbocycles. The van der Waals surface area contributed by atoms with Crippen molar-refractivity contribution >= 4 is 30.3 Å². The first-order chi connectivity index (χ1) is 16.4. The van der Waals surface area contributed by atoms with Crippen LogP contribution in [0.1, 0.15) is 75.2 Å². The van der Waals surface area contributed by atoms with Gasteiger partial charge >= 0.3 is 17.9 Å². The predicted octanol–water partition coefficient (Wildman–Crippen LogP) is 2.04. The second-order valence-corrected chi connectivity index (χ2v) is 12.4. The highest BCUT2D eigenvalue weighted by Crippen LogP contribution is 2.28. The van der Waals surface area contributed by atoms with Gasteiger partial charge in [-0.15, -0.1) is 12.4 Å². The average Bonchev–Trinajstić information content (AvgIpc) is 2.62. The molecule has 0 aromatic carbocycles. The number of carbonyl (C=O) groups is 3. The maximum Gasteiger partial charge on any atom is 0.320 e. The van der Waals surface area contributed by atoms with Crippen LogP contribution >= 0.6 is 12.4 Å². The third kappa shape index (κ3) is 16.2. The van der Waals surface area contributed by atoms with E-state index in [1.165, 1.54) is 0 Å². The van der Waals surface area contributed by atoms with Crippen molar-refractivity contribution in [2.24, 2.45) is 0 Å². The van der Waals surface area contributed by atoms with E-state index in [1.54, 1.807) is 41.5 Å². The molecule has 37 heavy (non-hydrogen) atoms. The van der Waals surface area contributed by atoms with Crippen molar-refractivity contribution in [3.8, 4) is 0 Å². The molecule has 0 radical (unpaired) electrons. The normalized spacial score (nSPS) is 18.4. The van der Waals surface area contributed by atoms with Crippen molar-refractivity contribution in [3.63, 3.8) is 0 Å². The summed E-state index contributed by atoms with van der Waals surface area (Å²) < 4.78 is 16.9. The van der Waals surface area contributed by atoms with E-state index in [0.29, 0.717) is 19.6 Å². The van der Waals surface area contributed by atoms with E-state index in [-0.39, 0.29) is 38.3 Å². The summed E-state index contributed by atoms with van der Waals surface area (Å²) in [4.78, 5) is 41.2. The summed E-state index contributed by atoms with van der Waals surface area (Å²) in [5, 5.41) is 10.1. The Kier molecular flexibility index (Phi) is 14.6. The molecule has 0 aromatic rings. The minimum atomic E-state index is -1.07. The van der Waals surface area contributed by atoms with Crippen molar-refractivity contribution in [1.82, 2.24) is 20.9 Å². The summed E-state index contributed by atoms with van der Waals surface area (Å²) in [6, 6.07) is 0. The van der Waals surface area contributed by atoms with Crippen molar-refractivity contribution < 1.29 is 28.6 Å². The Balaban J connectivity index is 0.0000130. The molecule has 0 unspecified atom stereocenters. The number of hydrogen-bond acceptors (Lipinski definition) is 10. The van der Waals surface area contributed by atoms with Crippen molar-refractivity contribution in [3.05, 3.63) is 0 Å². The van der Waals surface area contributed by atoms with Crippen LogP contribution in [0.2, 0.25) is 0 Å². The van der Waals surface area contributed by atoms with Gasteiger partial charge in [-0.2, -0.15) is 0 Å². The quantitative estimate of drug-likeness (QED) is 0.335. The van der Waals surface area contributed by atoms with Crippen LogP contribution in [0, 0.1) is 0 Å². The van der Waals surface area contributed by atoms with Gasteiger partial charge in [0, 0.05) is 45.8 Å². The Hall–Kier alpha value is -1.46. The lowest BCUT2D eigenvalue weighted by Gasteiger charge is -2.44. The summed E-state index contributed by atoms with van der Waals surface area (Å²) in [6.45, 7) is 20.4. The lowest BCUT2D eigenvalue weighted by atomic mass is 9.87. The van der Waals surface area contributed by atoms with Gasteiger partial charge in [0.2, 0.25) is 0 Å². The molecule has 3 N–H and O–H groups in total. The second kappa shape index (κ2) is 15.2. The number of nitrogens with one attached hydrogen (secondary N) is 3. The van der Waals surface area contributed by atoms with E-state index < -0.39 is 40.2 Å². The third-order valence-corrected chi connectivity index (χ3v) is 5.17. The van der Waals surface area contributed by atoms with Gasteiger partial charge in [-0.25, -0.2) is 0 Å². The van der Waals surface area contributed by atoms with E-state index in [1.807, 2.05) is 25.7 Å². The molecule has 1 aliphatic heterocycles. The first-order valence-electron chi connectivity index (χ1n) is 12.9. The van der Waals surface area contributed by atoms with Crippen LogP contribution in [0.4, 0.5) is 0 Å². The van der Waals surface area contributed by atoms with Crippen LogP contribution in [-0.4, -0.2) is 97.5 Å². The topological polar surface area (TPSA) is 118 Å². The molecule has 11 heteroatoms. The highest BCUT2D eigenvalue weighted by atomic mass is 35.5. The average molecular weight is 551 g/mol. The molecular formula is C26H51ClN4O6. The molecule has 1 fully saturated rings. The molecule has 0 aliphatic carbocycles. The fourth-order valence-corrected chi connectivity index (χ4v) is 3.97. The summed E-state index contributed by atoms with van der Waals surface area (Å²) in [6.07, 6.45) is -0.181. The Bertz CT molecular complexity index is 698. The lowest BCUT2D eigenvalue weighted by Crippen LogP contribution is -2.61. The molecule has 0 amide bonds. The zero-order valence-corrected chi connectivity index (χ0v) is 25.2. The van der Waals surface area contributed by atoms with E-state index in [9.17, 15) is 14.4 Å². The SMILES string of the molecule is CC(C)(C)OC(=O)CN1CCNCCNCCNCC1(CC(=O)OC(C)(C)C)CC(=O)OC(C)(C)C.Cl. The van der Waals surface area contributed by atoms with Crippen molar-refractivity contribution in [2.45, 2.75) is 97.5 Å². The standard InChI is InChI=1S/C26H50N4O6.ClH/c1-23(2,3)34-20(31)16-26(17-21(32)35-24(4,5)6)19-29-13-12-27-10-11-28-14-15-30(26)18-22(33)36-25(7,8)9;/h27-29H,10-19H2,1-9H3;1H. The van der Waals surface area contributed by atoms with Gasteiger partial charge in [0.25, 0.3) is 0 Å². The molecule has 1 heterocycles. The zero-order valence-electron chi connectivity index (χ0n) is 24.4. The number of rotatable bonds is 6. The van der Waals surface area contributed by atoms with Crippen molar-refractivity contribution in [2.75, 3.05) is 52.4 Å². The van der Waals surface area contributed by atoms with Crippen LogP contribution in [-0.2, 0) is 28.6 Å². The van der Waals surface area contributed by atoms with Gasteiger partial charge in [0.1, 0.15) is 16.8 Å². The summed E-state index contributed by atoms with van der Waals surface area (Å²) in [5.41, 5.74) is -3.11. The summed E-state index contributed by atoms with van der Waals surface area (Å²) in [5.74, 6) is -1.31. The Morgan fingerprint density at radius 1 is 0.649 bits per heavy atom. The summed E-state index contributed by atoms with van der Waals surface area (Å²) in [7, 11) is 0. The first kappa shape index (κ1) is 35.5. The highest BCUT2D eigenvalue weighted by Gasteiger charge is 2.44. The maximum atomic E-state index is 13.2. The largest absolute Gasteiger partial charge is 0.460 e. The first-order valence-corrected chi connectivity index (χ1v) is 12.9. The molecule has 0 bridgehead atoms. The highest BCUT2D eigenvalue weighted by molar-refractivity contribution is 5.85. The predicted molar refractivity (Wildman–Crippen MR) is 147 cm³/mol. The van der Waals surface area contributed by atoms with Gasteiger partial charge in [-0.05, 0) is 62.3 Å². The van der Waals surface area contributed by atoms with Gasteiger partial charge in [-0.1, -0.05) is 0 Å². The molecule has 1 aliphatic rings. The minimum Gasteiger partial charge on any atom is -0.460 e. The van der Waals surface area contributed by atoms with E-state index in [4.69, 9.17) is 14.2 Å². The number of ether oxygens (including phenoxy) is 3. The van der Waals surface area contributed by atoms with Crippen LogP contribution in [0.5, 0.6) is 0 Å². The van der Waals surface area contributed by atoms with E-state index in [0.717, 1.165) is 19.6 Å². The minimum absolute atomic E-state index is 0. The van der Waals surface area contributed by atoms with Crippen LogP contribution in [0.3, 0.4) is 0 Å². The number of hydrogen-bond donors (Lipinski definition) is 3. The third-order valence-electron chi connectivity index (χ3n) is 5.17.